The van der Waals surface area contributed by atoms with E-state index in [0.29, 0.717) is 22.7 Å². The normalized spacial score (nSPS) is 10.5. The minimum absolute atomic E-state index is 0.475. The Labute approximate surface area is 174 Å². The number of ether oxygens (including phenoxy) is 2. The Morgan fingerprint density at radius 3 is 2.53 bits per heavy atom. The number of anilines is 3. The predicted octanol–water partition coefficient (Wildman–Crippen LogP) is 5.10. The third kappa shape index (κ3) is 3.59. The van der Waals surface area contributed by atoms with Crippen LogP contribution in [0.4, 0.5) is 17.1 Å². The number of fused-ring (bicyclic) bond motifs is 1. The molecule has 4 aromatic rings. The summed E-state index contributed by atoms with van der Waals surface area (Å²) in [4.78, 5) is 0. The maximum atomic E-state index is 9.58. The van der Waals surface area contributed by atoms with Gasteiger partial charge >= 0.3 is 0 Å². The summed E-state index contributed by atoms with van der Waals surface area (Å²) in [5.41, 5.74) is 4.86. The molecule has 0 spiro atoms. The number of benzene rings is 2. The lowest BCUT2D eigenvalue weighted by molar-refractivity contribution is 0.409. The zero-order chi connectivity index (χ0) is 21.1. The quantitative estimate of drug-likeness (QED) is 0.469. The van der Waals surface area contributed by atoms with Gasteiger partial charge in [-0.2, -0.15) is 10.4 Å². The fourth-order valence-electron chi connectivity index (χ4n) is 3.30. The van der Waals surface area contributed by atoms with Crippen LogP contribution in [-0.2, 0) is 0 Å². The van der Waals surface area contributed by atoms with Crippen LogP contribution in [0.3, 0.4) is 0 Å². The molecule has 0 amide bonds. The second-order valence-corrected chi connectivity index (χ2v) is 6.69. The van der Waals surface area contributed by atoms with Gasteiger partial charge in [0.25, 0.3) is 0 Å². The monoisotopic (exact) mass is 399 g/mol. The molecule has 7 nitrogen and oxygen atoms in total. The predicted molar refractivity (Wildman–Crippen MR) is 117 cm³/mol. The van der Waals surface area contributed by atoms with Crippen molar-refractivity contribution in [2.75, 3.05) is 24.8 Å². The maximum Gasteiger partial charge on any atom is 0.131 e. The molecule has 0 unspecified atom stereocenters. The minimum Gasteiger partial charge on any atom is -0.497 e. The van der Waals surface area contributed by atoms with Crippen LogP contribution in [0.5, 0.6) is 17.2 Å². The van der Waals surface area contributed by atoms with Gasteiger partial charge in [-0.05, 0) is 43.3 Å². The fourth-order valence-corrected chi connectivity index (χ4v) is 3.30. The van der Waals surface area contributed by atoms with Crippen LogP contribution in [0.25, 0.3) is 5.52 Å². The van der Waals surface area contributed by atoms with Crippen LogP contribution in [0.2, 0.25) is 0 Å². The lowest BCUT2D eigenvalue weighted by atomic mass is 10.1. The van der Waals surface area contributed by atoms with E-state index in [2.05, 4.69) is 21.8 Å². The van der Waals surface area contributed by atoms with E-state index in [1.165, 1.54) is 0 Å². The second-order valence-electron chi connectivity index (χ2n) is 6.69. The van der Waals surface area contributed by atoms with Gasteiger partial charge in [-0.1, -0.05) is 6.07 Å². The first kappa shape index (κ1) is 19.2. The van der Waals surface area contributed by atoms with Gasteiger partial charge in [0.05, 0.1) is 42.0 Å². The molecule has 0 aliphatic heterocycles. The van der Waals surface area contributed by atoms with Crippen molar-refractivity contribution in [3.63, 3.8) is 0 Å². The second kappa shape index (κ2) is 8.05. The summed E-state index contributed by atoms with van der Waals surface area (Å²) in [5, 5.41) is 20.4. The SMILES string of the molecule is CNc1cn2ncc(C#N)c(Nc3ccc(Oc4cccc(OC)c4)cc3)c2c1C. The molecule has 0 fully saturated rings. The molecule has 2 N–H and O–H groups in total. The molecule has 0 aliphatic rings. The Hall–Kier alpha value is -4.18. The van der Waals surface area contributed by atoms with Gasteiger partial charge in [0.15, 0.2) is 0 Å². The van der Waals surface area contributed by atoms with Crippen LogP contribution >= 0.6 is 0 Å². The largest absolute Gasteiger partial charge is 0.497 e. The average molecular weight is 399 g/mol. The molecular formula is C23H21N5O2. The van der Waals surface area contributed by atoms with E-state index < -0.39 is 0 Å². The first-order chi connectivity index (χ1) is 14.6. The summed E-state index contributed by atoms with van der Waals surface area (Å²) in [5.74, 6) is 2.13. The Bertz CT molecular complexity index is 1240. The van der Waals surface area contributed by atoms with Crippen molar-refractivity contribution >= 4 is 22.6 Å². The van der Waals surface area contributed by atoms with E-state index in [1.807, 2.05) is 68.7 Å². The van der Waals surface area contributed by atoms with Crippen molar-refractivity contribution in [3.05, 3.63) is 72.1 Å². The number of nitrogens with zero attached hydrogens (tertiary/aromatic N) is 3. The van der Waals surface area contributed by atoms with Crippen molar-refractivity contribution in [2.24, 2.45) is 0 Å². The van der Waals surface area contributed by atoms with Crippen molar-refractivity contribution in [1.29, 1.82) is 5.26 Å². The molecule has 150 valence electrons. The lowest BCUT2D eigenvalue weighted by Gasteiger charge is -2.12. The smallest absolute Gasteiger partial charge is 0.131 e. The standard InChI is InChI=1S/C23H21N5O2/c1-15-21(25-2)14-28-23(15)22(16(12-24)13-26-28)27-17-7-9-18(10-8-17)30-20-6-4-5-19(11-20)29-3/h4-11,13-14,25,27H,1-3H3. The number of rotatable bonds is 6. The molecule has 30 heavy (non-hydrogen) atoms. The molecule has 0 saturated carbocycles. The van der Waals surface area contributed by atoms with Gasteiger partial charge in [-0.15, -0.1) is 0 Å². The Morgan fingerprint density at radius 2 is 1.83 bits per heavy atom. The Morgan fingerprint density at radius 1 is 1.07 bits per heavy atom. The molecule has 0 atom stereocenters. The number of hydrogen-bond donors (Lipinski definition) is 2. The number of methoxy groups -OCH3 is 1. The molecule has 7 heteroatoms. The summed E-state index contributed by atoms with van der Waals surface area (Å²) in [6.07, 6.45) is 3.47. The van der Waals surface area contributed by atoms with Gasteiger partial charge in [0.2, 0.25) is 0 Å². The topological polar surface area (TPSA) is 83.6 Å². The average Bonchev–Trinajstić information content (AvgIpc) is 3.11. The minimum atomic E-state index is 0.475. The highest BCUT2D eigenvalue weighted by Gasteiger charge is 2.15. The molecule has 2 heterocycles. The van der Waals surface area contributed by atoms with Crippen molar-refractivity contribution in [3.8, 4) is 23.3 Å². The third-order valence-corrected chi connectivity index (χ3v) is 4.85. The van der Waals surface area contributed by atoms with Gasteiger partial charge in [0, 0.05) is 24.4 Å². The number of aryl methyl sites for hydroxylation is 1. The van der Waals surface area contributed by atoms with Crippen molar-refractivity contribution in [1.82, 2.24) is 9.61 Å². The van der Waals surface area contributed by atoms with Crippen LogP contribution in [0, 0.1) is 18.3 Å². The first-order valence-corrected chi connectivity index (χ1v) is 9.40. The molecular weight excluding hydrogens is 378 g/mol. The van der Waals surface area contributed by atoms with Crippen LogP contribution in [0.15, 0.2) is 60.9 Å². The van der Waals surface area contributed by atoms with Gasteiger partial charge < -0.3 is 20.1 Å². The van der Waals surface area contributed by atoms with E-state index in [9.17, 15) is 5.26 Å². The highest BCUT2D eigenvalue weighted by molar-refractivity contribution is 5.87. The molecule has 0 bridgehead atoms. The molecule has 0 saturated heterocycles. The fraction of sp³-hybridized carbons (Fsp3) is 0.130. The lowest BCUT2D eigenvalue weighted by Crippen LogP contribution is -2.00. The number of hydrogen-bond acceptors (Lipinski definition) is 6. The molecule has 0 aliphatic carbocycles. The Balaban J connectivity index is 1.62. The summed E-state index contributed by atoms with van der Waals surface area (Å²) >= 11 is 0. The third-order valence-electron chi connectivity index (χ3n) is 4.85. The summed E-state index contributed by atoms with van der Waals surface area (Å²) < 4.78 is 12.9. The van der Waals surface area contributed by atoms with Crippen LogP contribution in [-0.4, -0.2) is 23.8 Å². The van der Waals surface area contributed by atoms with Gasteiger partial charge in [-0.3, -0.25) is 0 Å². The van der Waals surface area contributed by atoms with Crippen molar-refractivity contribution in [2.45, 2.75) is 6.92 Å². The summed E-state index contributed by atoms with van der Waals surface area (Å²) in [6.45, 7) is 2.00. The van der Waals surface area contributed by atoms with E-state index in [-0.39, 0.29) is 0 Å². The molecule has 2 aromatic heterocycles. The summed E-state index contributed by atoms with van der Waals surface area (Å²) in [7, 11) is 3.48. The highest BCUT2D eigenvalue weighted by Crippen LogP contribution is 2.33. The highest BCUT2D eigenvalue weighted by atomic mass is 16.5. The van der Waals surface area contributed by atoms with Crippen molar-refractivity contribution < 1.29 is 9.47 Å². The van der Waals surface area contributed by atoms with Gasteiger partial charge in [-0.25, -0.2) is 4.52 Å². The number of nitriles is 1. The summed E-state index contributed by atoms with van der Waals surface area (Å²) in [6, 6.07) is 17.2. The van der Waals surface area contributed by atoms with Crippen LogP contribution in [0.1, 0.15) is 11.1 Å². The maximum absolute atomic E-state index is 9.58. The van der Waals surface area contributed by atoms with E-state index in [4.69, 9.17) is 9.47 Å². The number of nitrogens with one attached hydrogen (secondary N) is 2. The van der Waals surface area contributed by atoms with E-state index >= 15 is 0 Å². The first-order valence-electron chi connectivity index (χ1n) is 9.40. The van der Waals surface area contributed by atoms with E-state index in [0.717, 1.165) is 28.2 Å². The molecule has 0 radical (unpaired) electrons. The molecule has 2 aromatic carbocycles. The van der Waals surface area contributed by atoms with Crippen LogP contribution < -0.4 is 20.1 Å². The Kier molecular flexibility index (Phi) is 5.14. The number of aromatic nitrogens is 2. The zero-order valence-corrected chi connectivity index (χ0v) is 16.9. The van der Waals surface area contributed by atoms with E-state index in [1.54, 1.807) is 17.8 Å². The zero-order valence-electron chi connectivity index (χ0n) is 16.9. The van der Waals surface area contributed by atoms with Gasteiger partial charge in [0.1, 0.15) is 23.3 Å². The molecule has 4 rings (SSSR count).